The van der Waals surface area contributed by atoms with Crippen LogP contribution >= 0.6 is 0 Å². The summed E-state index contributed by atoms with van der Waals surface area (Å²) in [6.07, 6.45) is 0. The van der Waals surface area contributed by atoms with E-state index in [4.69, 9.17) is 2.74 Å². The van der Waals surface area contributed by atoms with Crippen molar-refractivity contribution in [3.05, 3.63) is 242 Å². The third-order valence-electron chi connectivity index (χ3n) is 12.0. The Labute approximate surface area is 370 Å². The fraction of sp³-hybridized carbons (Fsp3) is 0. The zero-order valence-corrected chi connectivity index (χ0v) is 33.4. The van der Waals surface area contributed by atoms with Crippen molar-refractivity contribution in [1.29, 1.82) is 0 Å². The van der Waals surface area contributed by atoms with Crippen LogP contribution in [0.5, 0.6) is 0 Å². The standard InChI is InChI=1S/C60H40N2/c1-4-16-41(17-5-1)44-22-14-24-49(36-44)61-57-29-13-12-28-53(57)55-38-46(31-34-58(55)61)47-32-35-59-56(39-47)54-33-30-48(52-27-11-10-26-51(52)43-20-8-3-9-21-43)40-60(54)62(59)50-25-15-23-45(37-50)42-18-6-2-7-19-42/h1-40H/i12D,13D,28D,29D,31D,34D,38D. The van der Waals surface area contributed by atoms with E-state index >= 15 is 0 Å². The highest BCUT2D eigenvalue weighted by atomic mass is 15.0. The molecule has 0 saturated carbocycles. The third kappa shape index (κ3) is 6.04. The van der Waals surface area contributed by atoms with Gasteiger partial charge in [-0.2, -0.15) is 0 Å². The second-order valence-corrected chi connectivity index (χ2v) is 15.6. The Morgan fingerprint density at radius 2 is 0.806 bits per heavy atom. The van der Waals surface area contributed by atoms with Crippen LogP contribution in [0.2, 0.25) is 0 Å². The molecule has 0 unspecified atom stereocenters. The summed E-state index contributed by atoms with van der Waals surface area (Å²) in [6.45, 7) is 0. The summed E-state index contributed by atoms with van der Waals surface area (Å²) in [7, 11) is 0. The molecule has 10 aromatic carbocycles. The molecule has 2 heteroatoms. The summed E-state index contributed by atoms with van der Waals surface area (Å²) < 4.78 is 69.3. The van der Waals surface area contributed by atoms with Gasteiger partial charge in [-0.25, -0.2) is 0 Å². The van der Waals surface area contributed by atoms with E-state index in [1.165, 1.54) is 0 Å². The van der Waals surface area contributed by atoms with Gasteiger partial charge in [-0.05, 0) is 116 Å². The minimum absolute atomic E-state index is 0.0857. The zero-order chi connectivity index (χ0) is 47.1. The number of benzene rings is 10. The Hall–Kier alpha value is -8.20. The highest BCUT2D eigenvalue weighted by molar-refractivity contribution is 6.13. The van der Waals surface area contributed by atoms with Crippen molar-refractivity contribution in [2.75, 3.05) is 0 Å². The van der Waals surface area contributed by atoms with Crippen LogP contribution in [0.1, 0.15) is 9.60 Å². The molecule has 0 bridgehead atoms. The van der Waals surface area contributed by atoms with Crippen LogP contribution in [0, 0.1) is 0 Å². The lowest BCUT2D eigenvalue weighted by Crippen LogP contribution is -1.95. The molecule has 0 aliphatic rings. The first kappa shape index (κ1) is 29.1. The van der Waals surface area contributed by atoms with Crippen LogP contribution < -0.4 is 0 Å². The molecule has 12 rings (SSSR count). The average Bonchev–Trinajstić information content (AvgIpc) is 3.94. The largest absolute Gasteiger partial charge is 0.309 e. The van der Waals surface area contributed by atoms with Crippen molar-refractivity contribution in [2.45, 2.75) is 0 Å². The maximum atomic E-state index is 10.00. The monoisotopic (exact) mass is 795 g/mol. The fourth-order valence-corrected chi connectivity index (χ4v) is 9.05. The van der Waals surface area contributed by atoms with E-state index in [1.807, 2.05) is 97.1 Å². The molecule has 0 saturated heterocycles. The summed E-state index contributed by atoms with van der Waals surface area (Å²) in [4.78, 5) is 0. The van der Waals surface area contributed by atoms with Gasteiger partial charge in [-0.1, -0.05) is 182 Å². The molecule has 2 aromatic heterocycles. The van der Waals surface area contributed by atoms with E-state index in [2.05, 4.69) is 108 Å². The van der Waals surface area contributed by atoms with Gasteiger partial charge in [-0.3, -0.25) is 0 Å². The van der Waals surface area contributed by atoms with Gasteiger partial charge in [-0.15, -0.1) is 0 Å². The molecule has 62 heavy (non-hydrogen) atoms. The van der Waals surface area contributed by atoms with Crippen LogP contribution in [-0.2, 0) is 0 Å². The SMILES string of the molecule is [2H]c1c([2H])c([2H])c2c(c1[2H])c1c([2H])c(-c3ccc4c(c3)c3ccc(-c5ccccc5-c5ccccc5)cc3n4-c3cccc(-c4ccccc4)c3)c([2H])c([2H])c1n2-c1cccc(-c2ccccc2)c1. The molecule has 0 fully saturated rings. The number of hydrogen-bond donors (Lipinski definition) is 0. The van der Waals surface area contributed by atoms with Crippen LogP contribution in [0.25, 0.3) is 111 Å². The van der Waals surface area contributed by atoms with Gasteiger partial charge < -0.3 is 9.13 Å². The van der Waals surface area contributed by atoms with Crippen LogP contribution in [-0.4, -0.2) is 9.13 Å². The number of hydrogen-bond acceptors (Lipinski definition) is 0. The predicted molar refractivity (Wildman–Crippen MR) is 262 cm³/mol. The first-order valence-electron chi connectivity index (χ1n) is 24.3. The first-order valence-corrected chi connectivity index (χ1v) is 20.8. The number of nitrogens with zero attached hydrogens (tertiary/aromatic N) is 2. The molecule has 0 atom stereocenters. The molecule has 2 nitrogen and oxygen atoms in total. The van der Waals surface area contributed by atoms with Gasteiger partial charge in [0, 0.05) is 32.9 Å². The van der Waals surface area contributed by atoms with Crippen LogP contribution in [0.15, 0.2) is 242 Å². The van der Waals surface area contributed by atoms with Crippen molar-refractivity contribution in [2.24, 2.45) is 0 Å². The minimum atomic E-state index is -0.427. The van der Waals surface area contributed by atoms with Gasteiger partial charge in [0.05, 0.1) is 31.7 Å². The summed E-state index contributed by atoms with van der Waals surface area (Å²) in [5.41, 5.74) is 12.9. The van der Waals surface area contributed by atoms with Gasteiger partial charge in [0.15, 0.2) is 0 Å². The molecule has 0 N–H and O–H groups in total. The van der Waals surface area contributed by atoms with Crippen molar-refractivity contribution in [3.63, 3.8) is 0 Å². The molecular formula is C60H40N2. The lowest BCUT2D eigenvalue weighted by Gasteiger charge is -2.13. The van der Waals surface area contributed by atoms with Crippen molar-refractivity contribution < 1.29 is 9.60 Å². The second kappa shape index (κ2) is 14.8. The van der Waals surface area contributed by atoms with Gasteiger partial charge in [0.1, 0.15) is 0 Å². The molecule has 12 aromatic rings. The summed E-state index contributed by atoms with van der Waals surface area (Å²) >= 11 is 0. The highest BCUT2D eigenvalue weighted by Gasteiger charge is 2.18. The number of fused-ring (bicyclic) bond motifs is 6. The lowest BCUT2D eigenvalue weighted by molar-refractivity contribution is 1.18. The van der Waals surface area contributed by atoms with E-state index in [1.54, 1.807) is 4.57 Å². The third-order valence-corrected chi connectivity index (χ3v) is 12.0. The summed E-state index contributed by atoms with van der Waals surface area (Å²) in [5, 5.41) is 2.19. The number of para-hydroxylation sites is 1. The van der Waals surface area contributed by atoms with Crippen LogP contribution in [0.4, 0.5) is 0 Å². The molecule has 2 heterocycles. The lowest BCUT2D eigenvalue weighted by atomic mass is 9.94. The maximum absolute atomic E-state index is 10.00. The summed E-state index contributed by atoms with van der Waals surface area (Å²) in [5.74, 6) is 0. The highest BCUT2D eigenvalue weighted by Crippen LogP contribution is 2.41. The Balaban J connectivity index is 1.11. The Kier molecular flexibility index (Phi) is 6.95. The normalized spacial score (nSPS) is 13.1. The van der Waals surface area contributed by atoms with E-state index in [0.29, 0.717) is 11.3 Å². The van der Waals surface area contributed by atoms with E-state index in [0.717, 1.165) is 72.0 Å². The molecule has 0 aliphatic carbocycles. The van der Waals surface area contributed by atoms with E-state index in [-0.39, 0.29) is 57.6 Å². The molecule has 0 aliphatic heterocycles. The fourth-order valence-electron chi connectivity index (χ4n) is 9.05. The zero-order valence-electron chi connectivity index (χ0n) is 40.4. The minimum Gasteiger partial charge on any atom is -0.309 e. The predicted octanol–water partition coefficient (Wildman–Crippen LogP) is 16.2. The number of rotatable bonds is 7. The Morgan fingerprint density at radius 1 is 0.274 bits per heavy atom. The van der Waals surface area contributed by atoms with Gasteiger partial charge >= 0.3 is 0 Å². The van der Waals surface area contributed by atoms with Gasteiger partial charge in [0.2, 0.25) is 0 Å². The Morgan fingerprint density at radius 3 is 1.48 bits per heavy atom. The van der Waals surface area contributed by atoms with Gasteiger partial charge in [0.25, 0.3) is 0 Å². The first-order chi connectivity index (χ1) is 33.7. The maximum Gasteiger partial charge on any atom is 0.0645 e. The smallest absolute Gasteiger partial charge is 0.0645 e. The van der Waals surface area contributed by atoms with E-state index < -0.39 is 12.1 Å². The van der Waals surface area contributed by atoms with Crippen molar-refractivity contribution in [3.8, 4) is 67.0 Å². The summed E-state index contributed by atoms with van der Waals surface area (Å²) in [6, 6.07) is 65.6. The molecule has 0 radical (unpaired) electrons. The molecule has 0 amide bonds. The second-order valence-electron chi connectivity index (χ2n) is 15.6. The molecular weight excluding hydrogens is 749 g/mol. The van der Waals surface area contributed by atoms with Crippen molar-refractivity contribution >= 4 is 43.6 Å². The average molecular weight is 796 g/mol. The van der Waals surface area contributed by atoms with Crippen LogP contribution in [0.3, 0.4) is 0 Å². The quantitative estimate of drug-likeness (QED) is 0.152. The number of aromatic nitrogens is 2. The van der Waals surface area contributed by atoms with Crippen molar-refractivity contribution in [1.82, 2.24) is 9.13 Å². The molecule has 290 valence electrons. The molecule has 0 spiro atoms. The van der Waals surface area contributed by atoms with E-state index in [9.17, 15) is 6.85 Å². The topological polar surface area (TPSA) is 9.86 Å². The Bertz CT molecular complexity index is 4030.